The van der Waals surface area contributed by atoms with Crippen LogP contribution in [0.2, 0.25) is 5.02 Å². The van der Waals surface area contributed by atoms with E-state index in [0.717, 1.165) is 23.9 Å². The molecule has 0 unspecified atom stereocenters. The van der Waals surface area contributed by atoms with E-state index in [0.29, 0.717) is 16.6 Å². The highest BCUT2D eigenvalue weighted by Gasteiger charge is 2.32. The number of carbonyl (C=O) groups excluding carboxylic acids is 1. The van der Waals surface area contributed by atoms with E-state index in [-0.39, 0.29) is 5.91 Å². The van der Waals surface area contributed by atoms with Crippen molar-refractivity contribution in [1.29, 1.82) is 0 Å². The third kappa shape index (κ3) is 2.41. The predicted molar refractivity (Wildman–Crippen MR) is 68.9 cm³/mol. The monoisotopic (exact) mass is 301 g/mol. The van der Waals surface area contributed by atoms with E-state index in [1.165, 1.54) is 0 Å². The minimum Gasteiger partial charge on any atom is -0.336 e. The van der Waals surface area contributed by atoms with Gasteiger partial charge in [0.15, 0.2) is 0 Å². The first kappa shape index (κ1) is 11.9. The summed E-state index contributed by atoms with van der Waals surface area (Å²) in [7, 11) is 0. The van der Waals surface area contributed by atoms with Crippen molar-refractivity contribution in [3.63, 3.8) is 0 Å². The molecule has 0 aliphatic heterocycles. The van der Waals surface area contributed by atoms with Gasteiger partial charge < -0.3 is 4.90 Å². The van der Waals surface area contributed by atoms with Crippen molar-refractivity contribution in [2.75, 3.05) is 6.54 Å². The van der Waals surface area contributed by atoms with Crippen LogP contribution in [-0.2, 0) is 0 Å². The Bertz CT molecular complexity index is 417. The van der Waals surface area contributed by atoms with Crippen LogP contribution in [0.3, 0.4) is 0 Å². The molecule has 0 atom stereocenters. The Kier molecular flexibility index (Phi) is 3.55. The lowest BCUT2D eigenvalue weighted by atomic mass is 10.2. The highest BCUT2D eigenvalue weighted by molar-refractivity contribution is 9.10. The van der Waals surface area contributed by atoms with Crippen LogP contribution < -0.4 is 0 Å². The molecule has 2 nitrogen and oxygen atoms in total. The van der Waals surface area contributed by atoms with Crippen LogP contribution in [0.4, 0.5) is 0 Å². The normalized spacial score (nSPS) is 14.9. The van der Waals surface area contributed by atoms with Crippen LogP contribution in [0.15, 0.2) is 22.7 Å². The molecule has 0 bridgehead atoms. The van der Waals surface area contributed by atoms with Crippen molar-refractivity contribution in [3.8, 4) is 0 Å². The van der Waals surface area contributed by atoms with Gasteiger partial charge in [-0.1, -0.05) is 27.5 Å². The second-order valence-electron chi connectivity index (χ2n) is 3.95. The van der Waals surface area contributed by atoms with E-state index in [4.69, 9.17) is 11.6 Å². The number of amides is 1. The van der Waals surface area contributed by atoms with Crippen molar-refractivity contribution >= 4 is 33.4 Å². The summed E-state index contributed by atoms with van der Waals surface area (Å²) >= 11 is 9.41. The van der Waals surface area contributed by atoms with Crippen molar-refractivity contribution in [2.45, 2.75) is 25.8 Å². The Hall–Kier alpha value is -0.540. The maximum atomic E-state index is 12.3. The zero-order valence-corrected chi connectivity index (χ0v) is 11.4. The molecule has 1 aromatic rings. The first-order chi connectivity index (χ1) is 7.63. The highest BCUT2D eigenvalue weighted by Crippen LogP contribution is 2.30. The molecule has 4 heteroatoms. The SMILES string of the molecule is CCN(C(=O)c1cc(Br)ccc1Cl)C1CC1. The van der Waals surface area contributed by atoms with Gasteiger partial charge in [-0.15, -0.1) is 0 Å². The molecule has 0 aromatic heterocycles. The quantitative estimate of drug-likeness (QED) is 0.833. The van der Waals surface area contributed by atoms with Gasteiger partial charge in [-0.2, -0.15) is 0 Å². The van der Waals surface area contributed by atoms with Gasteiger partial charge in [0, 0.05) is 17.1 Å². The lowest BCUT2D eigenvalue weighted by Gasteiger charge is -2.21. The number of rotatable bonds is 3. The molecule has 2 rings (SSSR count). The Morgan fingerprint density at radius 3 is 2.81 bits per heavy atom. The first-order valence-electron chi connectivity index (χ1n) is 5.39. The van der Waals surface area contributed by atoms with E-state index in [1.807, 2.05) is 17.9 Å². The largest absolute Gasteiger partial charge is 0.336 e. The van der Waals surface area contributed by atoms with Gasteiger partial charge in [0.25, 0.3) is 5.91 Å². The smallest absolute Gasteiger partial charge is 0.255 e. The molecule has 1 amide bonds. The molecule has 1 aromatic carbocycles. The number of halogens is 2. The Balaban J connectivity index is 2.28. The molecule has 0 N–H and O–H groups in total. The van der Waals surface area contributed by atoms with Crippen LogP contribution in [0.1, 0.15) is 30.1 Å². The van der Waals surface area contributed by atoms with Crippen molar-refractivity contribution in [2.24, 2.45) is 0 Å². The fraction of sp³-hybridized carbons (Fsp3) is 0.417. The Morgan fingerprint density at radius 1 is 1.56 bits per heavy atom. The third-order valence-corrected chi connectivity index (χ3v) is 3.57. The standard InChI is InChI=1S/C12H13BrClNO/c1-2-15(9-4-5-9)12(16)10-7-8(13)3-6-11(10)14/h3,6-7,9H,2,4-5H2,1H3. The van der Waals surface area contributed by atoms with Crippen molar-refractivity contribution in [1.82, 2.24) is 4.90 Å². The Labute approximate surface area is 109 Å². The number of benzene rings is 1. The zero-order chi connectivity index (χ0) is 11.7. The Morgan fingerprint density at radius 2 is 2.25 bits per heavy atom. The van der Waals surface area contributed by atoms with Gasteiger partial charge in [0.2, 0.25) is 0 Å². The minimum absolute atomic E-state index is 0.0382. The summed E-state index contributed by atoms with van der Waals surface area (Å²) in [5.74, 6) is 0.0382. The average Bonchev–Trinajstić information content (AvgIpc) is 3.07. The molecule has 1 fully saturated rings. The second kappa shape index (κ2) is 4.76. The van der Waals surface area contributed by atoms with Gasteiger partial charge in [-0.3, -0.25) is 4.79 Å². The lowest BCUT2D eigenvalue weighted by molar-refractivity contribution is 0.0752. The molecule has 0 spiro atoms. The van der Waals surface area contributed by atoms with Crippen LogP contribution >= 0.6 is 27.5 Å². The highest BCUT2D eigenvalue weighted by atomic mass is 79.9. The molecule has 1 saturated carbocycles. The van der Waals surface area contributed by atoms with E-state index in [2.05, 4.69) is 15.9 Å². The van der Waals surface area contributed by atoms with Crippen LogP contribution in [0.25, 0.3) is 0 Å². The van der Waals surface area contributed by atoms with E-state index in [1.54, 1.807) is 12.1 Å². The molecule has 0 radical (unpaired) electrons. The summed E-state index contributed by atoms with van der Waals surface area (Å²) in [6.07, 6.45) is 2.23. The molecule has 86 valence electrons. The lowest BCUT2D eigenvalue weighted by Crippen LogP contribution is -2.33. The van der Waals surface area contributed by atoms with Crippen LogP contribution in [0, 0.1) is 0 Å². The third-order valence-electron chi connectivity index (χ3n) is 2.75. The van der Waals surface area contributed by atoms with Gasteiger partial charge in [0.05, 0.1) is 10.6 Å². The van der Waals surface area contributed by atoms with Gasteiger partial charge in [-0.25, -0.2) is 0 Å². The van der Waals surface area contributed by atoms with Crippen LogP contribution in [0.5, 0.6) is 0 Å². The van der Waals surface area contributed by atoms with E-state index < -0.39 is 0 Å². The molecular formula is C12H13BrClNO. The number of carbonyl (C=O) groups is 1. The van der Waals surface area contributed by atoms with E-state index in [9.17, 15) is 4.79 Å². The van der Waals surface area contributed by atoms with Crippen LogP contribution in [-0.4, -0.2) is 23.4 Å². The second-order valence-corrected chi connectivity index (χ2v) is 5.27. The summed E-state index contributed by atoms with van der Waals surface area (Å²) in [4.78, 5) is 14.1. The summed E-state index contributed by atoms with van der Waals surface area (Å²) in [5.41, 5.74) is 0.588. The van der Waals surface area contributed by atoms with Gasteiger partial charge >= 0.3 is 0 Å². The minimum atomic E-state index is 0.0382. The number of hydrogen-bond donors (Lipinski definition) is 0. The number of nitrogens with zero attached hydrogens (tertiary/aromatic N) is 1. The summed E-state index contributed by atoms with van der Waals surface area (Å²) in [5, 5.41) is 0.521. The van der Waals surface area contributed by atoms with Crippen molar-refractivity contribution in [3.05, 3.63) is 33.3 Å². The van der Waals surface area contributed by atoms with Gasteiger partial charge in [-0.05, 0) is 38.0 Å². The molecule has 16 heavy (non-hydrogen) atoms. The molecule has 0 saturated heterocycles. The predicted octanol–water partition coefficient (Wildman–Crippen LogP) is 3.73. The molecule has 0 heterocycles. The summed E-state index contributed by atoms with van der Waals surface area (Å²) in [6.45, 7) is 2.74. The first-order valence-corrected chi connectivity index (χ1v) is 6.56. The van der Waals surface area contributed by atoms with Gasteiger partial charge in [0.1, 0.15) is 0 Å². The maximum Gasteiger partial charge on any atom is 0.255 e. The number of hydrogen-bond acceptors (Lipinski definition) is 1. The van der Waals surface area contributed by atoms with E-state index >= 15 is 0 Å². The fourth-order valence-electron chi connectivity index (χ4n) is 1.77. The molecular weight excluding hydrogens is 289 g/mol. The summed E-state index contributed by atoms with van der Waals surface area (Å²) < 4.78 is 0.882. The van der Waals surface area contributed by atoms with Crippen molar-refractivity contribution < 1.29 is 4.79 Å². The zero-order valence-electron chi connectivity index (χ0n) is 9.04. The topological polar surface area (TPSA) is 20.3 Å². The fourth-order valence-corrected chi connectivity index (χ4v) is 2.33. The average molecular weight is 303 g/mol. The summed E-state index contributed by atoms with van der Waals surface area (Å²) in [6, 6.07) is 5.80. The molecule has 1 aliphatic carbocycles. The maximum absolute atomic E-state index is 12.3. The molecule has 1 aliphatic rings.